The number of likely N-dealkylation sites (tertiary alicyclic amines) is 1. The van der Waals surface area contributed by atoms with Gasteiger partial charge in [-0.25, -0.2) is 13.2 Å². The maximum Gasteiger partial charge on any atom is 0.408 e. The van der Waals surface area contributed by atoms with Gasteiger partial charge in [0.05, 0.1) is 16.8 Å². The predicted octanol–water partition coefficient (Wildman–Crippen LogP) is 4.38. The molecule has 0 radical (unpaired) electrons. The number of hydrogen-bond acceptors (Lipinski definition) is 9. The van der Waals surface area contributed by atoms with Crippen molar-refractivity contribution in [2.45, 2.75) is 114 Å². The van der Waals surface area contributed by atoms with Gasteiger partial charge in [0.25, 0.3) is 5.91 Å². The molecule has 15 heteroatoms. The van der Waals surface area contributed by atoms with Crippen LogP contribution in [0, 0.1) is 11.3 Å². The van der Waals surface area contributed by atoms with Gasteiger partial charge in [0, 0.05) is 28.9 Å². The lowest BCUT2D eigenvalue weighted by Gasteiger charge is -2.35. The molecule has 1 saturated heterocycles. The zero-order valence-corrected chi connectivity index (χ0v) is 30.9. The van der Waals surface area contributed by atoms with Crippen molar-refractivity contribution in [3.63, 3.8) is 0 Å². The molecule has 4 aliphatic rings. The Bertz CT molecular complexity index is 1850. The largest absolute Gasteiger partial charge is 0.488 e. The third-order valence-electron chi connectivity index (χ3n) is 10.6. The van der Waals surface area contributed by atoms with E-state index in [1.807, 2.05) is 0 Å². The van der Waals surface area contributed by atoms with Crippen molar-refractivity contribution >= 4 is 56.3 Å². The fourth-order valence-corrected chi connectivity index (χ4v) is 8.47. The Labute approximate surface area is 303 Å². The molecule has 1 aliphatic heterocycles. The molecule has 51 heavy (non-hydrogen) atoms. The van der Waals surface area contributed by atoms with E-state index in [0.29, 0.717) is 34.5 Å². The molecule has 1 aromatic heterocycles. The van der Waals surface area contributed by atoms with Gasteiger partial charge in [-0.1, -0.05) is 38.4 Å². The number of hydrogen-bond donors (Lipinski definition) is 3. The Hall–Kier alpha value is -3.91. The summed E-state index contributed by atoms with van der Waals surface area (Å²) in [6.07, 6.45) is 5.96. The van der Waals surface area contributed by atoms with Crippen LogP contribution in [0.2, 0.25) is 5.02 Å². The Balaban J connectivity index is 1.27. The number of rotatable bonds is 11. The van der Waals surface area contributed by atoms with Gasteiger partial charge in [0.15, 0.2) is 0 Å². The molecule has 0 bridgehead atoms. The minimum Gasteiger partial charge on any atom is -0.488 e. The number of fused-ring (bicyclic) bond motifs is 1. The van der Waals surface area contributed by atoms with Gasteiger partial charge >= 0.3 is 6.09 Å². The number of sulfonamides is 1. The molecule has 1 aromatic carbocycles. The van der Waals surface area contributed by atoms with Gasteiger partial charge in [-0.15, -0.1) is 6.58 Å². The molecule has 276 valence electrons. The second kappa shape index (κ2) is 13.6. The highest BCUT2D eigenvalue weighted by atomic mass is 35.5. The molecule has 0 unspecified atom stereocenters. The molecular weight excluding hydrogens is 698 g/mol. The second-order valence-electron chi connectivity index (χ2n) is 15.6. The molecule has 6 rings (SSSR count). The lowest BCUT2D eigenvalue weighted by Crippen LogP contribution is -2.60. The predicted molar refractivity (Wildman–Crippen MR) is 190 cm³/mol. The average Bonchev–Trinajstić information content (AvgIpc) is 3.84. The van der Waals surface area contributed by atoms with Crippen LogP contribution in [-0.2, 0) is 29.1 Å². The van der Waals surface area contributed by atoms with Crippen LogP contribution in [0.15, 0.2) is 43.1 Å². The fourth-order valence-electron chi connectivity index (χ4n) is 6.99. The van der Waals surface area contributed by atoms with Gasteiger partial charge < -0.3 is 25.0 Å². The molecule has 3 saturated carbocycles. The van der Waals surface area contributed by atoms with Crippen LogP contribution in [-0.4, -0.2) is 83.2 Å². The quantitative estimate of drug-likeness (QED) is 0.283. The van der Waals surface area contributed by atoms with Gasteiger partial charge in [0.2, 0.25) is 21.8 Å². The van der Waals surface area contributed by atoms with E-state index in [-0.39, 0.29) is 25.5 Å². The second-order valence-corrected chi connectivity index (χ2v) is 18.2. The number of ether oxygens (including phenoxy) is 2. The third-order valence-corrected chi connectivity index (χ3v) is 13.0. The lowest BCUT2D eigenvalue weighted by molar-refractivity contribution is -0.143. The summed E-state index contributed by atoms with van der Waals surface area (Å²) in [7, 11) is -3.99. The van der Waals surface area contributed by atoms with Crippen LogP contribution in [0.25, 0.3) is 10.9 Å². The van der Waals surface area contributed by atoms with E-state index in [9.17, 15) is 27.6 Å². The number of pyridine rings is 1. The molecule has 2 heterocycles. The number of alkyl carbamates (subject to hydrolysis) is 1. The van der Waals surface area contributed by atoms with Gasteiger partial charge in [-0.05, 0) is 81.5 Å². The summed E-state index contributed by atoms with van der Waals surface area (Å²) in [5.74, 6) is -2.07. The summed E-state index contributed by atoms with van der Waals surface area (Å²) in [5, 5.41) is 6.76. The Morgan fingerprint density at radius 1 is 1.12 bits per heavy atom. The number of amides is 4. The zero-order chi connectivity index (χ0) is 36.9. The van der Waals surface area contributed by atoms with Gasteiger partial charge in [-0.2, -0.15) is 0 Å². The summed E-state index contributed by atoms with van der Waals surface area (Å²) < 4.78 is 39.2. The van der Waals surface area contributed by atoms with E-state index >= 15 is 0 Å². The van der Waals surface area contributed by atoms with Crippen LogP contribution in [0.3, 0.4) is 0 Å². The van der Waals surface area contributed by atoms with Crippen LogP contribution < -0.4 is 20.1 Å². The normalized spacial score (nSPS) is 26.2. The van der Waals surface area contributed by atoms with Crippen LogP contribution in [0.4, 0.5) is 4.79 Å². The molecule has 13 nitrogen and oxygen atoms in total. The van der Waals surface area contributed by atoms with Crippen molar-refractivity contribution in [1.82, 2.24) is 25.2 Å². The first-order valence-electron chi connectivity index (χ1n) is 17.5. The minimum atomic E-state index is -3.99. The first kappa shape index (κ1) is 36.9. The SMILES string of the molecule is C=C[C@@H]1C[C@]1(NC(=O)[C@@H]1C[C@@H](Oc2ccnc3cc(Cl)ccc23)CN1C(=O)[C@@H](NC(=O)OC1CCCC1)C(C)(C)C)C(=O)NS(=O)(=O)C1(C)CC1. The summed E-state index contributed by atoms with van der Waals surface area (Å²) in [4.78, 5) is 61.1. The molecule has 3 N–H and O–H groups in total. The monoisotopic (exact) mass is 743 g/mol. The van der Waals surface area contributed by atoms with E-state index < -0.39 is 73.6 Å². The first-order valence-corrected chi connectivity index (χ1v) is 19.3. The van der Waals surface area contributed by atoms with Gasteiger partial charge in [-0.3, -0.25) is 24.1 Å². The molecule has 3 aliphatic carbocycles. The van der Waals surface area contributed by atoms with Crippen molar-refractivity contribution in [3.05, 3.63) is 48.1 Å². The molecule has 4 amide bonds. The van der Waals surface area contributed by atoms with Crippen molar-refractivity contribution in [2.75, 3.05) is 6.54 Å². The van der Waals surface area contributed by atoms with Crippen molar-refractivity contribution < 1.29 is 37.1 Å². The minimum absolute atomic E-state index is 0.0168. The van der Waals surface area contributed by atoms with E-state index in [1.54, 1.807) is 58.2 Å². The summed E-state index contributed by atoms with van der Waals surface area (Å²) >= 11 is 6.18. The van der Waals surface area contributed by atoms with Crippen molar-refractivity contribution in [2.24, 2.45) is 11.3 Å². The molecule has 2 aromatic rings. The summed E-state index contributed by atoms with van der Waals surface area (Å²) in [6, 6.07) is 4.67. The number of benzene rings is 1. The first-order chi connectivity index (χ1) is 24.0. The lowest BCUT2D eigenvalue weighted by atomic mass is 9.85. The highest BCUT2D eigenvalue weighted by Crippen LogP contribution is 2.47. The Morgan fingerprint density at radius 2 is 1.82 bits per heavy atom. The number of carbonyl (C=O) groups excluding carboxylic acids is 4. The highest BCUT2D eigenvalue weighted by Gasteiger charge is 2.63. The van der Waals surface area contributed by atoms with Crippen LogP contribution >= 0.6 is 11.6 Å². The number of nitrogens with one attached hydrogen (secondary N) is 3. The standard InChI is InChI=1S/C36H46ClN5O8S/c1-6-21-19-36(21,32(45)41-51(47,48)35(5)14-15-35)40-30(43)27-18-24(49-28-13-16-38-26-17-22(37)11-12-25(26)28)20-42(27)31(44)29(34(2,3)4)39-33(46)50-23-9-7-8-10-23/h6,11-13,16-17,21,23-24,27,29H,1,7-10,14-15,18-20H2,2-5H3,(H,39,46)(H,40,43)(H,41,45)/t21-,24-,27+,29-,36-/m1/s1. The topological polar surface area (TPSA) is 173 Å². The zero-order valence-electron chi connectivity index (χ0n) is 29.4. The van der Waals surface area contributed by atoms with E-state index in [0.717, 1.165) is 25.7 Å². The average molecular weight is 744 g/mol. The molecule has 4 fully saturated rings. The Kier molecular flexibility index (Phi) is 9.81. The van der Waals surface area contributed by atoms with Crippen LogP contribution in [0.1, 0.15) is 79.1 Å². The highest BCUT2D eigenvalue weighted by molar-refractivity contribution is 7.91. The van der Waals surface area contributed by atoms with E-state index in [2.05, 4.69) is 26.9 Å². The van der Waals surface area contributed by atoms with E-state index in [4.69, 9.17) is 21.1 Å². The van der Waals surface area contributed by atoms with Gasteiger partial charge in [0.1, 0.15) is 35.6 Å². The fraction of sp³-hybridized carbons (Fsp3) is 0.583. The number of halogens is 1. The van der Waals surface area contributed by atoms with Crippen molar-refractivity contribution in [1.29, 1.82) is 0 Å². The number of nitrogens with zero attached hydrogens (tertiary/aromatic N) is 2. The number of aromatic nitrogens is 1. The van der Waals surface area contributed by atoms with Crippen molar-refractivity contribution in [3.8, 4) is 5.75 Å². The van der Waals surface area contributed by atoms with Crippen LogP contribution in [0.5, 0.6) is 5.75 Å². The molecule has 0 spiro atoms. The Morgan fingerprint density at radius 3 is 2.45 bits per heavy atom. The summed E-state index contributed by atoms with van der Waals surface area (Å²) in [5.41, 5.74) is -1.74. The van der Waals surface area contributed by atoms with E-state index in [1.165, 1.54) is 11.0 Å². The summed E-state index contributed by atoms with van der Waals surface area (Å²) in [6.45, 7) is 10.7. The number of carbonyl (C=O) groups is 4. The maximum atomic E-state index is 14.5. The molecular formula is C36H46ClN5O8S. The smallest absolute Gasteiger partial charge is 0.408 e. The third kappa shape index (κ3) is 7.53. The molecule has 5 atom stereocenters. The maximum absolute atomic E-state index is 14.5.